The van der Waals surface area contributed by atoms with Gasteiger partial charge in [0.1, 0.15) is 9.84 Å². The molecule has 0 saturated heterocycles. The zero-order valence-electron chi connectivity index (χ0n) is 10.7. The van der Waals surface area contributed by atoms with Crippen LogP contribution in [0.25, 0.3) is 0 Å². The van der Waals surface area contributed by atoms with Gasteiger partial charge < -0.3 is 10.3 Å². The normalized spacial score (nSPS) is 13.4. The van der Waals surface area contributed by atoms with Crippen molar-refractivity contribution in [1.29, 1.82) is 0 Å². The van der Waals surface area contributed by atoms with Crippen molar-refractivity contribution in [1.82, 2.24) is 9.55 Å². The Balaban J connectivity index is 2.20. The molecule has 2 N–H and O–H groups in total. The van der Waals surface area contributed by atoms with Gasteiger partial charge in [-0.05, 0) is 5.56 Å². The fourth-order valence-corrected chi connectivity index (χ4v) is 2.40. The van der Waals surface area contributed by atoms with Crippen molar-refractivity contribution in [2.75, 3.05) is 12.0 Å². The Morgan fingerprint density at radius 2 is 2.00 bits per heavy atom. The summed E-state index contributed by atoms with van der Waals surface area (Å²) in [5.41, 5.74) is 7.98. The Labute approximate surface area is 113 Å². The minimum atomic E-state index is -3.00. The molecule has 0 aliphatic carbocycles. The first kappa shape index (κ1) is 13.8. The van der Waals surface area contributed by atoms with Gasteiger partial charge in [-0.3, -0.25) is 0 Å². The molecule has 0 radical (unpaired) electrons. The fraction of sp³-hybridized carbons (Fsp3) is 0.308. The minimum Gasteiger partial charge on any atom is -0.332 e. The highest BCUT2D eigenvalue weighted by Crippen LogP contribution is 2.18. The van der Waals surface area contributed by atoms with Gasteiger partial charge in [0.05, 0.1) is 30.0 Å². The molecule has 0 fully saturated rings. The number of sulfone groups is 1. The molecular weight excluding hydrogens is 262 g/mol. The van der Waals surface area contributed by atoms with E-state index in [2.05, 4.69) is 4.98 Å². The molecule has 19 heavy (non-hydrogen) atoms. The number of nitrogens with zero attached hydrogens (tertiary/aromatic N) is 2. The lowest BCUT2D eigenvalue weighted by Crippen LogP contribution is -2.19. The fourth-order valence-electron chi connectivity index (χ4n) is 1.87. The summed E-state index contributed by atoms with van der Waals surface area (Å²) >= 11 is 0. The van der Waals surface area contributed by atoms with E-state index < -0.39 is 9.84 Å². The Hall–Kier alpha value is -1.66. The van der Waals surface area contributed by atoms with E-state index >= 15 is 0 Å². The summed E-state index contributed by atoms with van der Waals surface area (Å²) in [4.78, 5) is 4.06. The molecule has 1 unspecified atom stereocenters. The smallest absolute Gasteiger partial charge is 0.149 e. The van der Waals surface area contributed by atoms with Crippen molar-refractivity contribution in [3.63, 3.8) is 0 Å². The number of benzene rings is 1. The summed E-state index contributed by atoms with van der Waals surface area (Å²) in [5.74, 6) is 0.0812. The molecule has 0 amide bonds. The van der Waals surface area contributed by atoms with Crippen LogP contribution in [0.5, 0.6) is 0 Å². The van der Waals surface area contributed by atoms with Gasteiger partial charge in [0.2, 0.25) is 0 Å². The summed E-state index contributed by atoms with van der Waals surface area (Å²) < 4.78 is 24.2. The highest BCUT2D eigenvalue weighted by Gasteiger charge is 2.14. The van der Waals surface area contributed by atoms with Crippen LogP contribution < -0.4 is 5.73 Å². The first-order valence-electron chi connectivity index (χ1n) is 5.95. The van der Waals surface area contributed by atoms with E-state index in [0.29, 0.717) is 6.54 Å². The number of aromatic nitrogens is 2. The Morgan fingerprint density at radius 1 is 1.32 bits per heavy atom. The lowest BCUT2D eigenvalue weighted by Gasteiger charge is -2.14. The quantitative estimate of drug-likeness (QED) is 0.885. The molecule has 6 heteroatoms. The van der Waals surface area contributed by atoms with E-state index in [-0.39, 0.29) is 11.8 Å². The second-order valence-corrected chi connectivity index (χ2v) is 6.79. The standard InChI is InChI=1S/C13H17N3O2S/c1-19(17,18)8-7-16-10-15-9-12(16)13(14)11-5-3-2-4-6-11/h2-6,9-10,13H,7-8,14H2,1H3. The maximum absolute atomic E-state index is 11.2. The highest BCUT2D eigenvalue weighted by molar-refractivity contribution is 7.90. The van der Waals surface area contributed by atoms with E-state index in [9.17, 15) is 8.42 Å². The van der Waals surface area contributed by atoms with Crippen LogP contribution in [0.15, 0.2) is 42.9 Å². The summed E-state index contributed by atoms with van der Waals surface area (Å²) in [6.07, 6.45) is 4.52. The van der Waals surface area contributed by atoms with Crippen molar-refractivity contribution in [2.45, 2.75) is 12.6 Å². The van der Waals surface area contributed by atoms with E-state index in [1.807, 2.05) is 30.3 Å². The van der Waals surface area contributed by atoms with E-state index in [1.54, 1.807) is 17.1 Å². The van der Waals surface area contributed by atoms with Crippen LogP contribution in [0.1, 0.15) is 17.3 Å². The third-order valence-corrected chi connectivity index (χ3v) is 3.85. The molecule has 2 aromatic rings. The van der Waals surface area contributed by atoms with Crippen LogP contribution in [0.4, 0.5) is 0 Å². The first-order chi connectivity index (χ1) is 8.97. The molecule has 0 spiro atoms. The predicted octanol–water partition coefficient (Wildman–Crippen LogP) is 0.976. The van der Waals surface area contributed by atoms with Crippen molar-refractivity contribution in [3.05, 3.63) is 54.1 Å². The minimum absolute atomic E-state index is 0.0812. The molecule has 0 aliphatic rings. The van der Waals surface area contributed by atoms with Crippen LogP contribution in [0.3, 0.4) is 0 Å². The van der Waals surface area contributed by atoms with Crippen LogP contribution >= 0.6 is 0 Å². The molecule has 0 bridgehead atoms. The maximum atomic E-state index is 11.2. The average Bonchev–Trinajstić information content (AvgIpc) is 2.84. The van der Waals surface area contributed by atoms with Crippen LogP contribution in [0.2, 0.25) is 0 Å². The predicted molar refractivity (Wildman–Crippen MR) is 74.4 cm³/mol. The van der Waals surface area contributed by atoms with Gasteiger partial charge in [0.25, 0.3) is 0 Å². The van der Waals surface area contributed by atoms with Gasteiger partial charge in [-0.25, -0.2) is 13.4 Å². The van der Waals surface area contributed by atoms with Crippen LogP contribution in [0, 0.1) is 0 Å². The third-order valence-electron chi connectivity index (χ3n) is 2.92. The van der Waals surface area contributed by atoms with E-state index in [0.717, 1.165) is 11.3 Å². The van der Waals surface area contributed by atoms with Gasteiger partial charge in [-0.2, -0.15) is 0 Å². The molecule has 1 aromatic heterocycles. The lowest BCUT2D eigenvalue weighted by atomic mass is 10.1. The Bertz CT molecular complexity index is 635. The number of hydrogen-bond acceptors (Lipinski definition) is 4. The topological polar surface area (TPSA) is 78.0 Å². The molecule has 1 aromatic carbocycles. The lowest BCUT2D eigenvalue weighted by molar-refractivity contribution is 0.590. The highest BCUT2D eigenvalue weighted by atomic mass is 32.2. The molecule has 1 atom stereocenters. The summed E-state index contributed by atoms with van der Waals surface area (Å²) in [6.45, 7) is 0.370. The Kier molecular flexibility index (Phi) is 4.01. The van der Waals surface area contributed by atoms with Gasteiger partial charge in [0, 0.05) is 12.8 Å². The maximum Gasteiger partial charge on any atom is 0.149 e. The molecule has 1 heterocycles. The third kappa shape index (κ3) is 3.65. The molecule has 0 saturated carbocycles. The van der Waals surface area contributed by atoms with Crippen molar-refractivity contribution < 1.29 is 8.42 Å². The van der Waals surface area contributed by atoms with Crippen molar-refractivity contribution >= 4 is 9.84 Å². The summed E-state index contributed by atoms with van der Waals surface area (Å²) in [5, 5.41) is 0. The van der Waals surface area contributed by atoms with Crippen molar-refractivity contribution in [2.24, 2.45) is 5.73 Å². The van der Waals surface area contributed by atoms with Gasteiger partial charge >= 0.3 is 0 Å². The largest absolute Gasteiger partial charge is 0.332 e. The van der Waals surface area contributed by atoms with Crippen LogP contribution in [-0.2, 0) is 16.4 Å². The molecule has 5 nitrogen and oxygen atoms in total. The van der Waals surface area contributed by atoms with E-state index in [4.69, 9.17) is 5.73 Å². The molecule has 0 aliphatic heterocycles. The molecular formula is C13H17N3O2S. The number of nitrogens with two attached hydrogens (primary N) is 1. The second kappa shape index (κ2) is 5.54. The summed E-state index contributed by atoms with van der Waals surface area (Å²) in [6, 6.07) is 9.36. The molecule has 102 valence electrons. The molecule has 2 rings (SSSR count). The number of imidazole rings is 1. The number of aryl methyl sites for hydroxylation is 1. The SMILES string of the molecule is CS(=O)(=O)CCn1cncc1C(N)c1ccccc1. The van der Waals surface area contributed by atoms with E-state index in [1.165, 1.54) is 6.26 Å². The second-order valence-electron chi connectivity index (χ2n) is 4.53. The average molecular weight is 279 g/mol. The van der Waals surface area contributed by atoms with Gasteiger partial charge in [-0.1, -0.05) is 30.3 Å². The van der Waals surface area contributed by atoms with Gasteiger partial charge in [0.15, 0.2) is 0 Å². The first-order valence-corrected chi connectivity index (χ1v) is 8.02. The van der Waals surface area contributed by atoms with Crippen molar-refractivity contribution in [3.8, 4) is 0 Å². The zero-order chi connectivity index (χ0) is 13.9. The Morgan fingerprint density at radius 3 is 2.63 bits per heavy atom. The number of rotatable bonds is 5. The monoisotopic (exact) mass is 279 g/mol. The number of hydrogen-bond donors (Lipinski definition) is 1. The summed E-state index contributed by atoms with van der Waals surface area (Å²) in [7, 11) is -3.00. The zero-order valence-corrected chi connectivity index (χ0v) is 11.5. The van der Waals surface area contributed by atoms with Crippen LogP contribution in [-0.4, -0.2) is 30.0 Å². The van der Waals surface area contributed by atoms with Gasteiger partial charge in [-0.15, -0.1) is 0 Å².